The van der Waals surface area contributed by atoms with E-state index in [9.17, 15) is 9.59 Å². The molecule has 0 saturated heterocycles. The third-order valence-electron chi connectivity index (χ3n) is 4.74. The van der Waals surface area contributed by atoms with Crippen LogP contribution in [0.2, 0.25) is 5.02 Å². The quantitative estimate of drug-likeness (QED) is 0.246. The van der Waals surface area contributed by atoms with Gasteiger partial charge in [-0.15, -0.1) is 5.10 Å². The summed E-state index contributed by atoms with van der Waals surface area (Å²) in [6.45, 7) is 1.53. The molecule has 0 saturated carbocycles. The number of para-hydroxylation sites is 1. The molecular weight excluding hydrogens is 494 g/mol. The van der Waals surface area contributed by atoms with E-state index in [2.05, 4.69) is 26.0 Å². The van der Waals surface area contributed by atoms with Gasteiger partial charge in [0.25, 0.3) is 5.82 Å². The summed E-state index contributed by atoms with van der Waals surface area (Å²) in [5, 5.41) is 4.97. The average molecular weight is 511 g/mol. The number of halogens is 2. The standard InChI is InChI=1S/C24H17BrClN3O3/c1-15-4-2-3-5-20(15)29-23(17-8-12-19(26)13-9-17)27-22(28-29)24(31)32-14-21(30)16-6-10-18(25)11-7-16/h2-13H,14H2,1H3. The lowest BCUT2D eigenvalue weighted by Crippen LogP contribution is -2.15. The molecule has 0 spiro atoms. The van der Waals surface area contributed by atoms with Gasteiger partial charge in [0, 0.05) is 20.6 Å². The molecule has 160 valence electrons. The van der Waals surface area contributed by atoms with Gasteiger partial charge in [0.15, 0.2) is 18.2 Å². The van der Waals surface area contributed by atoms with Crippen molar-refractivity contribution in [2.45, 2.75) is 6.92 Å². The Morgan fingerprint density at radius 2 is 1.69 bits per heavy atom. The lowest BCUT2D eigenvalue weighted by atomic mass is 10.1. The van der Waals surface area contributed by atoms with E-state index in [1.165, 1.54) is 0 Å². The average Bonchev–Trinajstić information content (AvgIpc) is 3.24. The number of carbonyl (C=O) groups excluding carboxylic acids is 2. The van der Waals surface area contributed by atoms with Crippen LogP contribution in [0, 0.1) is 6.92 Å². The molecular formula is C24H17BrClN3O3. The fourth-order valence-electron chi connectivity index (χ4n) is 3.07. The van der Waals surface area contributed by atoms with Crippen molar-refractivity contribution in [1.29, 1.82) is 0 Å². The Bertz CT molecular complexity index is 1280. The molecule has 0 radical (unpaired) electrons. The van der Waals surface area contributed by atoms with Gasteiger partial charge < -0.3 is 4.74 Å². The number of hydrogen-bond donors (Lipinski definition) is 0. The van der Waals surface area contributed by atoms with Crippen LogP contribution < -0.4 is 0 Å². The maximum atomic E-state index is 12.7. The van der Waals surface area contributed by atoms with Crippen LogP contribution in [0.3, 0.4) is 0 Å². The van der Waals surface area contributed by atoms with E-state index in [-0.39, 0.29) is 11.6 Å². The van der Waals surface area contributed by atoms with Gasteiger partial charge in [-0.05, 0) is 55.0 Å². The summed E-state index contributed by atoms with van der Waals surface area (Å²) in [5.74, 6) is -0.774. The zero-order chi connectivity index (χ0) is 22.7. The number of aryl methyl sites for hydroxylation is 1. The fourth-order valence-corrected chi connectivity index (χ4v) is 3.46. The topological polar surface area (TPSA) is 74.1 Å². The summed E-state index contributed by atoms with van der Waals surface area (Å²) in [7, 11) is 0. The predicted molar refractivity (Wildman–Crippen MR) is 125 cm³/mol. The minimum absolute atomic E-state index is 0.137. The Kier molecular flexibility index (Phi) is 6.48. The van der Waals surface area contributed by atoms with Gasteiger partial charge in [-0.3, -0.25) is 4.79 Å². The molecule has 0 N–H and O–H groups in total. The van der Waals surface area contributed by atoms with Crippen molar-refractivity contribution in [2.24, 2.45) is 0 Å². The van der Waals surface area contributed by atoms with Crippen LogP contribution in [0.1, 0.15) is 26.5 Å². The van der Waals surface area contributed by atoms with Crippen LogP contribution in [0.15, 0.2) is 77.3 Å². The largest absolute Gasteiger partial charge is 0.451 e. The van der Waals surface area contributed by atoms with Gasteiger partial charge in [0.2, 0.25) is 0 Å². The highest BCUT2D eigenvalue weighted by atomic mass is 79.9. The maximum absolute atomic E-state index is 12.7. The molecule has 1 aromatic heterocycles. The van der Waals surface area contributed by atoms with E-state index >= 15 is 0 Å². The van der Waals surface area contributed by atoms with Crippen LogP contribution in [0.25, 0.3) is 17.1 Å². The number of nitrogens with zero attached hydrogens (tertiary/aromatic N) is 3. The van der Waals surface area contributed by atoms with Crippen molar-refractivity contribution in [1.82, 2.24) is 14.8 Å². The monoisotopic (exact) mass is 509 g/mol. The first-order chi connectivity index (χ1) is 15.4. The van der Waals surface area contributed by atoms with Gasteiger partial charge in [0.1, 0.15) is 0 Å². The molecule has 3 aromatic carbocycles. The molecule has 32 heavy (non-hydrogen) atoms. The number of ketones is 1. The van der Waals surface area contributed by atoms with Crippen molar-refractivity contribution in [3.63, 3.8) is 0 Å². The Morgan fingerprint density at radius 3 is 2.38 bits per heavy atom. The first-order valence-corrected chi connectivity index (χ1v) is 10.8. The molecule has 0 aliphatic heterocycles. The van der Waals surface area contributed by atoms with E-state index in [1.54, 1.807) is 53.2 Å². The normalized spacial score (nSPS) is 10.7. The first kappa shape index (κ1) is 21.9. The molecule has 0 aliphatic carbocycles. The summed E-state index contributed by atoms with van der Waals surface area (Å²) in [4.78, 5) is 29.4. The van der Waals surface area contributed by atoms with Gasteiger partial charge >= 0.3 is 5.97 Å². The number of aromatic nitrogens is 3. The van der Waals surface area contributed by atoms with E-state index in [0.717, 1.165) is 21.3 Å². The third kappa shape index (κ3) is 4.79. The first-order valence-electron chi connectivity index (χ1n) is 9.67. The Balaban J connectivity index is 1.62. The van der Waals surface area contributed by atoms with Crippen molar-refractivity contribution in [3.05, 3.63) is 99.2 Å². The number of hydrogen-bond acceptors (Lipinski definition) is 5. The molecule has 0 fully saturated rings. The second kappa shape index (κ2) is 9.46. The molecule has 0 aliphatic rings. The Labute approximate surface area is 197 Å². The number of rotatable bonds is 6. The summed E-state index contributed by atoms with van der Waals surface area (Å²) in [5.41, 5.74) is 2.91. The molecule has 1 heterocycles. The van der Waals surface area contributed by atoms with Gasteiger partial charge in [0.05, 0.1) is 5.69 Å². The van der Waals surface area contributed by atoms with E-state index in [4.69, 9.17) is 16.3 Å². The highest BCUT2D eigenvalue weighted by Crippen LogP contribution is 2.24. The Morgan fingerprint density at radius 1 is 1.00 bits per heavy atom. The Hall–Kier alpha value is -3.29. The third-order valence-corrected chi connectivity index (χ3v) is 5.52. The van der Waals surface area contributed by atoms with Crippen molar-refractivity contribution < 1.29 is 14.3 Å². The second-order valence-corrected chi connectivity index (χ2v) is 8.32. The van der Waals surface area contributed by atoms with Crippen LogP contribution in [0.4, 0.5) is 0 Å². The number of Topliss-reactive ketones (excluding diaryl/α,β-unsaturated/α-hetero) is 1. The summed E-state index contributed by atoms with van der Waals surface area (Å²) in [6.07, 6.45) is 0. The van der Waals surface area contributed by atoms with Gasteiger partial charge in [-0.25, -0.2) is 14.5 Å². The maximum Gasteiger partial charge on any atom is 0.378 e. The van der Waals surface area contributed by atoms with Crippen LogP contribution in [0.5, 0.6) is 0 Å². The molecule has 0 amide bonds. The van der Waals surface area contributed by atoms with Gasteiger partial charge in [-0.1, -0.05) is 57.9 Å². The summed E-state index contributed by atoms with van der Waals surface area (Å²) < 4.78 is 7.65. The SMILES string of the molecule is Cc1ccccc1-n1nc(C(=O)OCC(=O)c2ccc(Br)cc2)nc1-c1ccc(Cl)cc1. The number of benzene rings is 3. The zero-order valence-corrected chi connectivity index (χ0v) is 19.3. The molecule has 0 bridgehead atoms. The van der Waals surface area contributed by atoms with Crippen LogP contribution >= 0.6 is 27.5 Å². The van der Waals surface area contributed by atoms with Crippen molar-refractivity contribution >= 4 is 39.3 Å². The lowest BCUT2D eigenvalue weighted by Gasteiger charge is -2.08. The number of carbonyl (C=O) groups is 2. The highest BCUT2D eigenvalue weighted by molar-refractivity contribution is 9.10. The van der Waals surface area contributed by atoms with Crippen molar-refractivity contribution in [3.8, 4) is 17.1 Å². The summed E-state index contributed by atoms with van der Waals surface area (Å²) in [6, 6.07) is 21.5. The van der Waals surface area contributed by atoms with Gasteiger partial charge in [-0.2, -0.15) is 0 Å². The molecule has 0 unspecified atom stereocenters. The highest BCUT2D eigenvalue weighted by Gasteiger charge is 2.21. The minimum Gasteiger partial charge on any atom is -0.451 e. The van der Waals surface area contributed by atoms with Crippen molar-refractivity contribution in [2.75, 3.05) is 6.61 Å². The lowest BCUT2D eigenvalue weighted by molar-refractivity contribution is 0.0462. The molecule has 4 aromatic rings. The molecule has 8 heteroatoms. The number of esters is 1. The molecule has 0 atom stereocenters. The second-order valence-electron chi connectivity index (χ2n) is 6.97. The summed E-state index contributed by atoms with van der Waals surface area (Å²) >= 11 is 9.34. The predicted octanol–water partition coefficient (Wildman–Crippen LogP) is 5.70. The zero-order valence-electron chi connectivity index (χ0n) is 17.0. The minimum atomic E-state index is -0.780. The smallest absolute Gasteiger partial charge is 0.378 e. The molecule has 4 rings (SSSR count). The fraction of sp³-hybridized carbons (Fsp3) is 0.0833. The molecule has 6 nitrogen and oxygen atoms in total. The van der Waals surface area contributed by atoms with E-state index < -0.39 is 12.6 Å². The van der Waals surface area contributed by atoms with E-state index in [1.807, 2.05) is 31.2 Å². The van der Waals surface area contributed by atoms with Crippen LogP contribution in [-0.2, 0) is 4.74 Å². The van der Waals surface area contributed by atoms with Crippen LogP contribution in [-0.4, -0.2) is 33.1 Å². The number of ether oxygens (including phenoxy) is 1. The van der Waals surface area contributed by atoms with E-state index in [0.29, 0.717) is 16.4 Å².